The normalized spacial score (nSPS) is 10.6. The van der Waals surface area contributed by atoms with Gasteiger partial charge in [0.05, 0.1) is 0 Å². The summed E-state index contributed by atoms with van der Waals surface area (Å²) < 4.78 is 1.50. The van der Waals surface area contributed by atoms with Crippen molar-refractivity contribution in [2.24, 2.45) is 0 Å². The second-order valence-electron chi connectivity index (χ2n) is 4.34. The van der Waals surface area contributed by atoms with Gasteiger partial charge in [-0.05, 0) is 25.5 Å². The maximum Gasteiger partial charge on any atom is 0.257 e. The SMILES string of the molecule is CCNc1nc(-c2ccncc2C)nc(-n2cncn2)n1. The minimum absolute atomic E-state index is 0.421. The van der Waals surface area contributed by atoms with Crippen LogP contribution in [0.2, 0.25) is 0 Å². The zero-order valence-electron chi connectivity index (χ0n) is 11.7. The fourth-order valence-corrected chi connectivity index (χ4v) is 1.86. The molecule has 0 saturated heterocycles. The van der Waals surface area contributed by atoms with Crippen molar-refractivity contribution in [2.45, 2.75) is 13.8 Å². The molecule has 0 aliphatic heterocycles. The van der Waals surface area contributed by atoms with Crippen LogP contribution < -0.4 is 5.32 Å². The van der Waals surface area contributed by atoms with Gasteiger partial charge in [-0.2, -0.15) is 24.7 Å². The zero-order valence-corrected chi connectivity index (χ0v) is 11.7. The molecule has 3 rings (SSSR count). The molecule has 0 bridgehead atoms. The van der Waals surface area contributed by atoms with E-state index in [0.29, 0.717) is 17.7 Å². The second-order valence-corrected chi connectivity index (χ2v) is 4.34. The first-order valence-corrected chi connectivity index (χ1v) is 6.54. The lowest BCUT2D eigenvalue weighted by molar-refractivity contribution is 0.796. The Kier molecular flexibility index (Phi) is 3.50. The van der Waals surface area contributed by atoms with Gasteiger partial charge in [0.25, 0.3) is 5.95 Å². The number of pyridine rings is 1. The first-order chi connectivity index (χ1) is 10.3. The van der Waals surface area contributed by atoms with Gasteiger partial charge in [0, 0.05) is 24.5 Å². The second kappa shape index (κ2) is 5.61. The van der Waals surface area contributed by atoms with Crippen molar-refractivity contribution in [1.29, 1.82) is 0 Å². The highest BCUT2D eigenvalue weighted by molar-refractivity contribution is 5.60. The summed E-state index contributed by atoms with van der Waals surface area (Å²) in [5.41, 5.74) is 1.91. The third kappa shape index (κ3) is 2.69. The summed E-state index contributed by atoms with van der Waals surface area (Å²) in [4.78, 5) is 21.2. The lowest BCUT2D eigenvalue weighted by Crippen LogP contribution is -2.10. The van der Waals surface area contributed by atoms with Crippen molar-refractivity contribution in [3.8, 4) is 17.3 Å². The van der Waals surface area contributed by atoms with Gasteiger partial charge in [-0.15, -0.1) is 0 Å². The molecular formula is C13H14N8. The van der Waals surface area contributed by atoms with Gasteiger partial charge in [0.2, 0.25) is 5.95 Å². The van der Waals surface area contributed by atoms with Crippen LogP contribution in [0.5, 0.6) is 0 Å². The van der Waals surface area contributed by atoms with Crippen molar-refractivity contribution < 1.29 is 0 Å². The van der Waals surface area contributed by atoms with Gasteiger partial charge in [0.15, 0.2) is 5.82 Å². The maximum absolute atomic E-state index is 4.46. The minimum Gasteiger partial charge on any atom is -0.354 e. The Bertz CT molecular complexity index is 738. The smallest absolute Gasteiger partial charge is 0.257 e. The third-order valence-corrected chi connectivity index (χ3v) is 2.84. The van der Waals surface area contributed by atoms with Gasteiger partial charge in [0.1, 0.15) is 12.7 Å². The van der Waals surface area contributed by atoms with Gasteiger partial charge in [-0.1, -0.05) is 0 Å². The molecule has 0 aliphatic carbocycles. The number of rotatable bonds is 4. The van der Waals surface area contributed by atoms with Crippen LogP contribution in [0.3, 0.4) is 0 Å². The molecule has 0 fully saturated rings. The third-order valence-electron chi connectivity index (χ3n) is 2.84. The van der Waals surface area contributed by atoms with Gasteiger partial charge in [-0.25, -0.2) is 4.98 Å². The molecular weight excluding hydrogens is 268 g/mol. The first kappa shape index (κ1) is 13.1. The molecule has 0 amide bonds. The monoisotopic (exact) mass is 282 g/mol. The van der Waals surface area contributed by atoms with E-state index in [2.05, 4.69) is 35.3 Å². The molecule has 0 saturated carbocycles. The van der Waals surface area contributed by atoms with E-state index >= 15 is 0 Å². The number of aromatic nitrogens is 7. The van der Waals surface area contributed by atoms with Crippen LogP contribution in [0.25, 0.3) is 17.3 Å². The van der Waals surface area contributed by atoms with E-state index in [9.17, 15) is 0 Å². The number of nitrogens with zero attached hydrogens (tertiary/aromatic N) is 7. The lowest BCUT2D eigenvalue weighted by atomic mass is 10.1. The molecule has 3 heterocycles. The molecule has 3 aromatic heterocycles. The lowest BCUT2D eigenvalue weighted by Gasteiger charge is -2.08. The highest BCUT2D eigenvalue weighted by atomic mass is 15.4. The van der Waals surface area contributed by atoms with E-state index in [4.69, 9.17) is 0 Å². The van der Waals surface area contributed by atoms with E-state index in [1.165, 1.54) is 11.0 Å². The molecule has 1 N–H and O–H groups in total. The summed E-state index contributed by atoms with van der Waals surface area (Å²) in [7, 11) is 0. The number of aryl methyl sites for hydroxylation is 1. The van der Waals surface area contributed by atoms with Crippen molar-refractivity contribution >= 4 is 5.95 Å². The maximum atomic E-state index is 4.46. The van der Waals surface area contributed by atoms with E-state index in [1.54, 1.807) is 18.7 Å². The summed E-state index contributed by atoms with van der Waals surface area (Å²) in [5.74, 6) is 1.50. The van der Waals surface area contributed by atoms with Crippen LogP contribution in [-0.4, -0.2) is 41.2 Å². The fraction of sp³-hybridized carbons (Fsp3) is 0.231. The number of anilines is 1. The van der Waals surface area contributed by atoms with E-state index < -0.39 is 0 Å². The Morgan fingerprint density at radius 1 is 1.19 bits per heavy atom. The summed E-state index contributed by atoms with van der Waals surface area (Å²) in [6.45, 7) is 4.67. The molecule has 21 heavy (non-hydrogen) atoms. The number of hydrogen-bond acceptors (Lipinski definition) is 7. The van der Waals surface area contributed by atoms with Crippen LogP contribution >= 0.6 is 0 Å². The summed E-state index contributed by atoms with van der Waals surface area (Å²) in [6.07, 6.45) is 6.48. The summed E-state index contributed by atoms with van der Waals surface area (Å²) >= 11 is 0. The van der Waals surface area contributed by atoms with Crippen LogP contribution in [-0.2, 0) is 0 Å². The van der Waals surface area contributed by atoms with Crippen LogP contribution in [0.15, 0.2) is 31.1 Å². The standard InChI is InChI=1S/C13H14N8/c1-3-16-12-18-11(10-4-5-14-6-9(10)2)19-13(20-12)21-8-15-7-17-21/h4-8H,3H2,1-2H3,(H,16,18,19,20). The molecule has 0 unspecified atom stereocenters. The van der Waals surface area contributed by atoms with E-state index in [0.717, 1.165) is 17.7 Å². The van der Waals surface area contributed by atoms with Crippen molar-refractivity contribution in [2.75, 3.05) is 11.9 Å². The average molecular weight is 282 g/mol. The summed E-state index contributed by atoms with van der Waals surface area (Å²) in [5, 5.41) is 7.16. The van der Waals surface area contributed by atoms with Crippen LogP contribution in [0.4, 0.5) is 5.95 Å². The fourth-order valence-electron chi connectivity index (χ4n) is 1.86. The first-order valence-electron chi connectivity index (χ1n) is 6.54. The Labute approximate surface area is 121 Å². The van der Waals surface area contributed by atoms with Crippen LogP contribution in [0.1, 0.15) is 12.5 Å². The molecule has 0 spiro atoms. The van der Waals surface area contributed by atoms with Crippen molar-refractivity contribution in [1.82, 2.24) is 34.7 Å². The summed E-state index contributed by atoms with van der Waals surface area (Å²) in [6, 6.07) is 1.88. The minimum atomic E-state index is 0.421. The Morgan fingerprint density at radius 3 is 2.81 bits per heavy atom. The van der Waals surface area contributed by atoms with Gasteiger partial charge < -0.3 is 5.32 Å². The van der Waals surface area contributed by atoms with Crippen molar-refractivity contribution in [3.05, 3.63) is 36.7 Å². The Balaban J connectivity index is 2.14. The molecule has 0 atom stereocenters. The Morgan fingerprint density at radius 2 is 2.10 bits per heavy atom. The van der Waals surface area contributed by atoms with Crippen LogP contribution in [0, 0.1) is 6.92 Å². The number of hydrogen-bond donors (Lipinski definition) is 1. The van der Waals surface area contributed by atoms with E-state index in [1.807, 2.05) is 19.9 Å². The highest BCUT2D eigenvalue weighted by Crippen LogP contribution is 2.20. The Hall–Kier alpha value is -2.90. The van der Waals surface area contributed by atoms with Gasteiger partial charge in [-0.3, -0.25) is 4.98 Å². The predicted molar refractivity (Wildman–Crippen MR) is 76.9 cm³/mol. The molecule has 3 aromatic rings. The van der Waals surface area contributed by atoms with E-state index in [-0.39, 0.29) is 0 Å². The molecule has 0 aliphatic rings. The highest BCUT2D eigenvalue weighted by Gasteiger charge is 2.11. The average Bonchev–Trinajstić information content (AvgIpc) is 3.02. The molecule has 0 radical (unpaired) electrons. The molecule has 8 nitrogen and oxygen atoms in total. The van der Waals surface area contributed by atoms with Crippen molar-refractivity contribution in [3.63, 3.8) is 0 Å². The zero-order chi connectivity index (χ0) is 14.7. The number of nitrogens with one attached hydrogen (secondary N) is 1. The topological polar surface area (TPSA) is 94.3 Å². The predicted octanol–water partition coefficient (Wildman–Crippen LogP) is 1.25. The van der Waals surface area contributed by atoms with Gasteiger partial charge >= 0.3 is 0 Å². The molecule has 8 heteroatoms. The quantitative estimate of drug-likeness (QED) is 0.769. The largest absolute Gasteiger partial charge is 0.354 e. The molecule has 106 valence electrons. The molecule has 0 aromatic carbocycles.